The van der Waals surface area contributed by atoms with Crippen LogP contribution in [0.3, 0.4) is 0 Å². The van der Waals surface area contributed by atoms with E-state index in [1.165, 1.54) is 11.3 Å². The standard InChI is InChI=1S/C20H19F3N4O2S/c21-7-16(27-20(29)19(22)23)18(28)13-3-1-12(2-4-13)14-5-6-15(25-8-14)9-26-17-10-24-11-30-17/h1-6,8,10-11,16,18-19,26,28H,7,9H2,(H,27,29)/t16-,18-/m1/s1. The summed E-state index contributed by atoms with van der Waals surface area (Å²) >= 11 is 1.50. The fourth-order valence-electron chi connectivity index (χ4n) is 2.73. The second-order valence-electron chi connectivity index (χ2n) is 6.39. The summed E-state index contributed by atoms with van der Waals surface area (Å²) in [5, 5.41) is 16.2. The maximum absolute atomic E-state index is 13.1. The summed E-state index contributed by atoms with van der Waals surface area (Å²) < 4.78 is 37.8. The van der Waals surface area contributed by atoms with Crippen molar-refractivity contribution in [1.82, 2.24) is 15.3 Å². The van der Waals surface area contributed by atoms with Crippen molar-refractivity contribution in [2.45, 2.75) is 25.1 Å². The van der Waals surface area contributed by atoms with E-state index in [9.17, 15) is 23.1 Å². The molecule has 158 valence electrons. The molecule has 3 aromatic rings. The minimum absolute atomic E-state index is 0.300. The molecule has 0 aliphatic carbocycles. The number of hydrogen-bond acceptors (Lipinski definition) is 6. The summed E-state index contributed by atoms with van der Waals surface area (Å²) in [7, 11) is 0. The van der Waals surface area contributed by atoms with Crippen LogP contribution in [0.2, 0.25) is 0 Å². The molecule has 0 fully saturated rings. The Hall–Kier alpha value is -2.98. The van der Waals surface area contributed by atoms with Gasteiger partial charge < -0.3 is 15.7 Å². The predicted octanol–water partition coefficient (Wildman–Crippen LogP) is 3.57. The number of carbonyl (C=O) groups excluding carboxylic acids is 1. The van der Waals surface area contributed by atoms with Gasteiger partial charge in [0, 0.05) is 11.8 Å². The Morgan fingerprint density at radius 2 is 1.83 bits per heavy atom. The normalized spacial score (nSPS) is 13.1. The summed E-state index contributed by atoms with van der Waals surface area (Å²) in [6.45, 7) is -0.620. The second-order valence-corrected chi connectivity index (χ2v) is 7.28. The van der Waals surface area contributed by atoms with Gasteiger partial charge in [0.25, 0.3) is 5.91 Å². The smallest absolute Gasteiger partial charge is 0.315 e. The quantitative estimate of drug-likeness (QED) is 0.477. The van der Waals surface area contributed by atoms with Crippen LogP contribution < -0.4 is 10.6 Å². The van der Waals surface area contributed by atoms with Gasteiger partial charge in [-0.25, -0.2) is 4.39 Å². The van der Waals surface area contributed by atoms with E-state index < -0.39 is 31.2 Å². The van der Waals surface area contributed by atoms with E-state index in [1.54, 1.807) is 47.5 Å². The molecule has 3 N–H and O–H groups in total. The van der Waals surface area contributed by atoms with Crippen molar-refractivity contribution in [2.75, 3.05) is 12.0 Å². The number of benzene rings is 1. The lowest BCUT2D eigenvalue weighted by molar-refractivity contribution is -0.133. The Morgan fingerprint density at radius 1 is 1.10 bits per heavy atom. The number of thiazole rings is 1. The zero-order valence-corrected chi connectivity index (χ0v) is 16.5. The van der Waals surface area contributed by atoms with Gasteiger partial charge in [-0.2, -0.15) is 8.78 Å². The molecule has 0 bridgehead atoms. The van der Waals surface area contributed by atoms with E-state index in [0.29, 0.717) is 12.1 Å². The molecule has 0 unspecified atom stereocenters. The van der Waals surface area contributed by atoms with E-state index in [-0.39, 0.29) is 0 Å². The molecule has 2 aromatic heterocycles. The molecule has 2 atom stereocenters. The first-order valence-corrected chi connectivity index (χ1v) is 9.86. The maximum Gasteiger partial charge on any atom is 0.315 e. The van der Waals surface area contributed by atoms with E-state index >= 15 is 0 Å². The Bertz CT molecular complexity index is 938. The number of aliphatic hydroxyl groups is 1. The largest absolute Gasteiger partial charge is 0.386 e. The van der Waals surface area contributed by atoms with Gasteiger partial charge >= 0.3 is 6.43 Å². The highest BCUT2D eigenvalue weighted by Gasteiger charge is 2.26. The van der Waals surface area contributed by atoms with Crippen molar-refractivity contribution in [2.24, 2.45) is 0 Å². The number of rotatable bonds is 9. The fraction of sp³-hybridized carbons (Fsp3) is 0.250. The molecule has 1 amide bonds. The Balaban J connectivity index is 1.63. The number of halogens is 3. The number of amides is 1. The first-order chi connectivity index (χ1) is 14.5. The number of carbonyl (C=O) groups is 1. The summed E-state index contributed by atoms with van der Waals surface area (Å²) in [4.78, 5) is 19.5. The molecule has 0 saturated heterocycles. The van der Waals surface area contributed by atoms with Gasteiger partial charge in [-0.1, -0.05) is 30.3 Å². The average Bonchev–Trinajstić information content (AvgIpc) is 3.29. The number of hydrogen-bond donors (Lipinski definition) is 3. The summed E-state index contributed by atoms with van der Waals surface area (Å²) in [5.74, 6) is -1.62. The van der Waals surface area contributed by atoms with Crippen LogP contribution in [-0.4, -0.2) is 40.1 Å². The number of anilines is 1. The van der Waals surface area contributed by atoms with Crippen LogP contribution in [0.15, 0.2) is 54.3 Å². The lowest BCUT2D eigenvalue weighted by atomic mass is 9.99. The number of nitrogens with one attached hydrogen (secondary N) is 2. The highest BCUT2D eigenvalue weighted by Crippen LogP contribution is 2.24. The molecule has 30 heavy (non-hydrogen) atoms. The average molecular weight is 436 g/mol. The van der Waals surface area contributed by atoms with Crippen LogP contribution in [-0.2, 0) is 11.3 Å². The van der Waals surface area contributed by atoms with Crippen LogP contribution >= 0.6 is 11.3 Å². The van der Waals surface area contributed by atoms with Crippen molar-refractivity contribution in [3.63, 3.8) is 0 Å². The van der Waals surface area contributed by atoms with Crippen molar-refractivity contribution < 1.29 is 23.1 Å². The SMILES string of the molecule is O=C(N[C@H](CF)[C@H](O)c1ccc(-c2ccc(CNc3cncs3)nc2)cc1)C(F)F. The van der Waals surface area contributed by atoms with Crippen LogP contribution in [0.25, 0.3) is 11.1 Å². The molecule has 10 heteroatoms. The van der Waals surface area contributed by atoms with Crippen molar-refractivity contribution in [3.05, 3.63) is 65.6 Å². The molecule has 0 aliphatic heterocycles. The molecule has 0 aliphatic rings. The van der Waals surface area contributed by atoms with Crippen LogP contribution in [0.1, 0.15) is 17.4 Å². The molecular weight excluding hydrogens is 417 g/mol. The summed E-state index contributed by atoms with van der Waals surface area (Å²) in [5.41, 5.74) is 4.54. The predicted molar refractivity (Wildman–Crippen MR) is 108 cm³/mol. The minimum atomic E-state index is -3.28. The molecule has 2 heterocycles. The molecular formula is C20H19F3N4O2S. The first-order valence-electron chi connectivity index (χ1n) is 8.98. The highest BCUT2D eigenvalue weighted by molar-refractivity contribution is 7.13. The van der Waals surface area contributed by atoms with Gasteiger partial charge in [0.05, 0.1) is 30.0 Å². The monoisotopic (exact) mass is 436 g/mol. The number of aromatic nitrogens is 2. The van der Waals surface area contributed by atoms with Gasteiger partial charge in [-0.05, 0) is 17.2 Å². The van der Waals surface area contributed by atoms with Gasteiger partial charge in [-0.15, -0.1) is 11.3 Å². The number of pyridine rings is 1. The second kappa shape index (κ2) is 10.2. The third kappa shape index (κ3) is 5.55. The Morgan fingerprint density at radius 3 is 2.40 bits per heavy atom. The van der Waals surface area contributed by atoms with Gasteiger partial charge in [0.1, 0.15) is 17.8 Å². The van der Waals surface area contributed by atoms with Crippen molar-refractivity contribution in [3.8, 4) is 11.1 Å². The van der Waals surface area contributed by atoms with E-state index in [0.717, 1.165) is 21.8 Å². The molecule has 0 saturated carbocycles. The zero-order valence-electron chi connectivity index (χ0n) is 15.6. The Kier molecular flexibility index (Phi) is 7.36. The van der Waals surface area contributed by atoms with E-state index in [1.807, 2.05) is 12.1 Å². The van der Waals surface area contributed by atoms with Crippen LogP contribution in [0.4, 0.5) is 18.2 Å². The summed E-state index contributed by atoms with van der Waals surface area (Å²) in [6.07, 6.45) is -1.28. The number of alkyl halides is 3. The highest BCUT2D eigenvalue weighted by atomic mass is 32.1. The summed E-state index contributed by atoms with van der Waals surface area (Å²) in [6, 6.07) is 8.83. The maximum atomic E-state index is 13.1. The first kappa shape index (κ1) is 21.7. The van der Waals surface area contributed by atoms with Gasteiger partial charge in [-0.3, -0.25) is 14.8 Å². The molecule has 0 spiro atoms. The minimum Gasteiger partial charge on any atom is -0.386 e. The van der Waals surface area contributed by atoms with Gasteiger partial charge in [0.2, 0.25) is 0 Å². The van der Waals surface area contributed by atoms with Crippen molar-refractivity contribution >= 4 is 22.2 Å². The third-order valence-electron chi connectivity index (χ3n) is 4.36. The van der Waals surface area contributed by atoms with Gasteiger partial charge in [0.15, 0.2) is 0 Å². The molecule has 3 rings (SSSR count). The molecule has 6 nitrogen and oxygen atoms in total. The zero-order chi connectivity index (χ0) is 21.5. The molecule has 0 radical (unpaired) electrons. The third-order valence-corrected chi connectivity index (χ3v) is 5.09. The van der Waals surface area contributed by atoms with Crippen LogP contribution in [0.5, 0.6) is 0 Å². The number of nitrogens with zero attached hydrogens (tertiary/aromatic N) is 2. The van der Waals surface area contributed by atoms with Crippen LogP contribution in [0, 0.1) is 0 Å². The lowest BCUT2D eigenvalue weighted by Crippen LogP contribution is -2.43. The van der Waals surface area contributed by atoms with E-state index in [2.05, 4.69) is 15.3 Å². The fourth-order valence-corrected chi connectivity index (χ4v) is 3.25. The lowest BCUT2D eigenvalue weighted by Gasteiger charge is -2.22. The Labute approximate surface area is 174 Å². The van der Waals surface area contributed by atoms with Crippen molar-refractivity contribution in [1.29, 1.82) is 0 Å². The molecule has 1 aromatic carbocycles. The topological polar surface area (TPSA) is 87.1 Å². The number of aliphatic hydroxyl groups excluding tert-OH is 1. The van der Waals surface area contributed by atoms with E-state index in [4.69, 9.17) is 0 Å².